The Labute approximate surface area is 91.0 Å². The van der Waals surface area contributed by atoms with Crippen molar-refractivity contribution in [1.29, 1.82) is 0 Å². The summed E-state index contributed by atoms with van der Waals surface area (Å²) in [6, 6.07) is 0. The van der Waals surface area contributed by atoms with Crippen LogP contribution in [0.1, 0.15) is 42.5 Å². The van der Waals surface area contributed by atoms with Crippen LogP contribution in [-0.2, 0) is 0 Å². The van der Waals surface area contributed by atoms with Gasteiger partial charge in [0.05, 0.1) is 0 Å². The Hall–Kier alpha value is -0.630. The van der Waals surface area contributed by atoms with Crippen molar-refractivity contribution >= 4 is 6.21 Å². The molecule has 1 atom stereocenters. The van der Waals surface area contributed by atoms with Crippen LogP contribution in [0.2, 0.25) is 0 Å². The molecule has 14 heavy (non-hydrogen) atoms. The van der Waals surface area contributed by atoms with Crippen LogP contribution in [0.15, 0.2) is 16.8 Å². The van der Waals surface area contributed by atoms with E-state index in [1.165, 1.54) is 12.0 Å². The van der Waals surface area contributed by atoms with E-state index in [1.807, 2.05) is 40.2 Å². The van der Waals surface area contributed by atoms with Crippen LogP contribution in [0.3, 0.4) is 0 Å². The molecule has 86 valence electrons. The summed E-state index contributed by atoms with van der Waals surface area (Å²) in [6.07, 6.45) is 4.94. The molecular formula is C12H28N2. The number of allylic oxidation sites excluding steroid dienone is 1. The van der Waals surface area contributed by atoms with Gasteiger partial charge in [0.15, 0.2) is 0 Å². The molecule has 1 N–H and O–H groups in total. The smallest absolute Gasteiger partial charge is 0.0255 e. The van der Waals surface area contributed by atoms with E-state index in [9.17, 15) is 0 Å². The Morgan fingerprint density at radius 1 is 1.50 bits per heavy atom. The van der Waals surface area contributed by atoms with Crippen LogP contribution in [-0.4, -0.2) is 19.8 Å². The first-order valence-electron chi connectivity index (χ1n) is 5.51. The third kappa shape index (κ3) is 9.46. The molecule has 0 aliphatic rings. The third-order valence-corrected chi connectivity index (χ3v) is 2.03. The lowest BCUT2D eigenvalue weighted by molar-refractivity contribution is 0.583. The molecular weight excluding hydrogens is 172 g/mol. The summed E-state index contributed by atoms with van der Waals surface area (Å²) in [5.41, 5.74) is 1.35. The van der Waals surface area contributed by atoms with Crippen molar-refractivity contribution in [3.8, 4) is 0 Å². The summed E-state index contributed by atoms with van der Waals surface area (Å²) in [5, 5.41) is 3.14. The molecule has 0 aromatic carbocycles. The Balaban J connectivity index is -0.000000449. The molecule has 0 saturated carbocycles. The van der Waals surface area contributed by atoms with Crippen molar-refractivity contribution in [1.82, 2.24) is 5.32 Å². The van der Waals surface area contributed by atoms with Crippen LogP contribution in [0.5, 0.6) is 0 Å². The van der Waals surface area contributed by atoms with Crippen molar-refractivity contribution in [2.75, 3.05) is 13.6 Å². The highest BCUT2D eigenvalue weighted by atomic mass is 14.8. The second-order valence-electron chi connectivity index (χ2n) is 3.07. The molecule has 0 saturated heterocycles. The van der Waals surface area contributed by atoms with Crippen molar-refractivity contribution in [3.63, 3.8) is 0 Å². The van der Waals surface area contributed by atoms with Gasteiger partial charge in [-0.3, -0.25) is 4.99 Å². The molecule has 0 rings (SSSR count). The van der Waals surface area contributed by atoms with Gasteiger partial charge in [-0.1, -0.05) is 26.3 Å². The third-order valence-electron chi connectivity index (χ3n) is 2.03. The quantitative estimate of drug-likeness (QED) is 0.675. The highest BCUT2D eigenvalue weighted by Gasteiger charge is 2.01. The first-order chi connectivity index (χ1) is 6.72. The summed E-state index contributed by atoms with van der Waals surface area (Å²) in [4.78, 5) is 4.09. The zero-order chi connectivity index (χ0) is 11.4. The second kappa shape index (κ2) is 12.4. The van der Waals surface area contributed by atoms with Crippen LogP contribution >= 0.6 is 0 Å². The minimum absolute atomic E-state index is 0. The van der Waals surface area contributed by atoms with Crippen LogP contribution in [0, 0.1) is 5.92 Å². The minimum Gasteiger partial charge on any atom is -0.320 e. The fourth-order valence-corrected chi connectivity index (χ4v) is 0.908. The molecule has 1 unspecified atom stereocenters. The van der Waals surface area contributed by atoms with E-state index in [2.05, 4.69) is 24.2 Å². The van der Waals surface area contributed by atoms with E-state index in [1.54, 1.807) is 0 Å². The predicted molar refractivity (Wildman–Crippen MR) is 69.1 cm³/mol. The first kappa shape index (κ1) is 15.8. The number of rotatable bonds is 5. The lowest BCUT2D eigenvalue weighted by atomic mass is 10.0. The van der Waals surface area contributed by atoms with Gasteiger partial charge >= 0.3 is 0 Å². The van der Waals surface area contributed by atoms with E-state index < -0.39 is 0 Å². The lowest BCUT2D eigenvalue weighted by Crippen LogP contribution is -2.11. The first-order valence-corrected chi connectivity index (χ1v) is 5.51. The number of hydrogen-bond donors (Lipinski definition) is 1. The second-order valence-corrected chi connectivity index (χ2v) is 3.07. The fourth-order valence-electron chi connectivity index (χ4n) is 0.908. The SMILES string of the molecule is CC.CC=N/C=C(\C)C(C)CCNC.[HH]. The average Bonchev–Trinajstić information content (AvgIpc) is 2.25. The fraction of sp³-hybridized carbons (Fsp3) is 0.750. The highest BCUT2D eigenvalue weighted by Crippen LogP contribution is 2.12. The molecule has 0 amide bonds. The van der Waals surface area contributed by atoms with Gasteiger partial charge < -0.3 is 5.32 Å². The molecule has 0 aliphatic carbocycles. The Morgan fingerprint density at radius 2 is 2.07 bits per heavy atom. The minimum atomic E-state index is 0. The van der Waals surface area contributed by atoms with Gasteiger partial charge in [0.1, 0.15) is 0 Å². The Morgan fingerprint density at radius 3 is 2.50 bits per heavy atom. The molecule has 0 aromatic rings. The topological polar surface area (TPSA) is 24.4 Å². The van der Waals surface area contributed by atoms with Crippen molar-refractivity contribution in [3.05, 3.63) is 11.8 Å². The molecule has 0 heterocycles. The van der Waals surface area contributed by atoms with E-state index in [0.717, 1.165) is 6.54 Å². The van der Waals surface area contributed by atoms with Crippen molar-refractivity contribution in [2.45, 2.75) is 41.0 Å². The normalized spacial score (nSPS) is 13.7. The molecule has 0 spiro atoms. The van der Waals surface area contributed by atoms with Gasteiger partial charge in [0.2, 0.25) is 0 Å². The monoisotopic (exact) mass is 200 g/mol. The molecule has 0 radical (unpaired) electrons. The molecule has 2 heteroatoms. The Bertz CT molecular complexity index is 165. The van der Waals surface area contributed by atoms with E-state index in [4.69, 9.17) is 0 Å². The van der Waals surface area contributed by atoms with E-state index in [0.29, 0.717) is 5.92 Å². The van der Waals surface area contributed by atoms with Crippen molar-refractivity contribution < 1.29 is 1.43 Å². The van der Waals surface area contributed by atoms with Gasteiger partial charge in [-0.25, -0.2) is 0 Å². The highest BCUT2D eigenvalue weighted by molar-refractivity contribution is 5.54. The maximum atomic E-state index is 4.09. The lowest BCUT2D eigenvalue weighted by Gasteiger charge is -2.10. The predicted octanol–water partition coefficient (Wildman–Crippen LogP) is 3.50. The zero-order valence-electron chi connectivity index (χ0n) is 10.6. The van der Waals surface area contributed by atoms with Gasteiger partial charge in [0, 0.05) is 13.8 Å². The molecule has 0 aliphatic heterocycles. The molecule has 0 aromatic heterocycles. The summed E-state index contributed by atoms with van der Waals surface area (Å²) in [7, 11) is 1.98. The van der Waals surface area contributed by atoms with E-state index >= 15 is 0 Å². The number of nitrogens with one attached hydrogen (secondary N) is 1. The Kier molecular flexibility index (Phi) is 14.0. The van der Waals surface area contributed by atoms with Gasteiger partial charge in [0.25, 0.3) is 0 Å². The number of aliphatic imine (C=N–C) groups is 1. The summed E-state index contributed by atoms with van der Waals surface area (Å²) in [6.45, 7) is 11.4. The molecule has 2 nitrogen and oxygen atoms in total. The van der Waals surface area contributed by atoms with Gasteiger partial charge in [-0.2, -0.15) is 0 Å². The average molecular weight is 200 g/mol. The zero-order valence-corrected chi connectivity index (χ0v) is 10.6. The molecule has 0 bridgehead atoms. The summed E-state index contributed by atoms with van der Waals surface area (Å²) in [5.74, 6) is 0.626. The standard InChI is InChI=1S/C10H20N2.C2H6.H2/c1-5-12-8-10(3)9(2)6-7-11-4;1-2;/h5,8-9,11H,6-7H2,1-4H3;1-2H3;1H/b10-8+,12-5?;;. The van der Waals surface area contributed by atoms with Crippen LogP contribution in [0.25, 0.3) is 0 Å². The summed E-state index contributed by atoms with van der Waals surface area (Å²) < 4.78 is 0. The maximum Gasteiger partial charge on any atom is 0.0255 e. The van der Waals surface area contributed by atoms with Crippen LogP contribution < -0.4 is 5.32 Å². The van der Waals surface area contributed by atoms with Gasteiger partial charge in [-0.05, 0) is 39.8 Å². The largest absolute Gasteiger partial charge is 0.320 e. The number of nitrogens with zero attached hydrogens (tertiary/aromatic N) is 1. The number of hydrogen-bond acceptors (Lipinski definition) is 2. The maximum absolute atomic E-state index is 4.09. The molecule has 0 fully saturated rings. The van der Waals surface area contributed by atoms with Crippen molar-refractivity contribution in [2.24, 2.45) is 10.9 Å². The van der Waals surface area contributed by atoms with Crippen LogP contribution in [0.4, 0.5) is 0 Å². The summed E-state index contributed by atoms with van der Waals surface area (Å²) >= 11 is 0. The van der Waals surface area contributed by atoms with E-state index in [-0.39, 0.29) is 1.43 Å². The van der Waals surface area contributed by atoms with Gasteiger partial charge in [-0.15, -0.1) is 0 Å².